The summed E-state index contributed by atoms with van der Waals surface area (Å²) in [5.41, 5.74) is 10.3. The normalized spacial score (nSPS) is 20.6. The molecular weight excluding hydrogens is 482 g/mol. The summed E-state index contributed by atoms with van der Waals surface area (Å²) in [5.74, 6) is -0.177. The summed E-state index contributed by atoms with van der Waals surface area (Å²) in [7, 11) is 2.23. The average molecular weight is 510 g/mol. The van der Waals surface area contributed by atoms with Gasteiger partial charge in [-0.3, -0.25) is 9.69 Å². The molecule has 1 heterocycles. The second kappa shape index (κ2) is 9.83. The Morgan fingerprint density at radius 2 is 1.75 bits per heavy atom. The fourth-order valence-electron chi connectivity index (χ4n) is 3.79. The monoisotopic (exact) mass is 508 g/mol. The first-order valence-electron chi connectivity index (χ1n) is 9.08. The Kier molecular flexibility index (Phi) is 8.63. The smallest absolute Gasteiger partial charge is 0.240 e. The Balaban J connectivity index is 0.00000196. The van der Waals surface area contributed by atoms with E-state index in [1.54, 1.807) is 6.92 Å². The van der Waals surface area contributed by atoms with Crippen molar-refractivity contribution >= 4 is 23.4 Å². The van der Waals surface area contributed by atoms with Crippen LogP contribution in [0.25, 0.3) is 6.08 Å². The van der Waals surface area contributed by atoms with Crippen molar-refractivity contribution in [2.45, 2.75) is 38.3 Å². The highest BCUT2D eigenvalue weighted by atomic mass is 79.9. The number of likely N-dealkylation sites (N-methyl/N-ethyl adjacent to an activating group) is 1. The van der Waals surface area contributed by atoms with Crippen LogP contribution in [0.1, 0.15) is 31.9 Å². The molecule has 1 aliphatic rings. The zero-order valence-corrected chi connectivity index (χ0v) is 19.8. The second-order valence-electron chi connectivity index (χ2n) is 7.69. The minimum absolute atomic E-state index is 0. The standard InChI is InChI=1S/C22H27N3O.2BrH/c1-15(23)21(26)24-17-12-9-16(10-13-17)11-14-20-22(2,3)18-7-5-6-8-19(18)25(20)4;;/h5-15,20H,23H2,1-4H3,(H,24,26);2*1H/p-1/b14-11+;;/t15-,20?;;/m1../s1. The third kappa shape index (κ3) is 4.92. The average Bonchev–Trinajstić information content (AvgIpc) is 2.81. The number of nitrogens with one attached hydrogen (secondary N) is 2. The number of halogens is 2. The van der Waals surface area contributed by atoms with Crippen LogP contribution in [0.15, 0.2) is 54.6 Å². The van der Waals surface area contributed by atoms with Crippen LogP contribution >= 0.6 is 0 Å². The number of hydrogen-bond acceptors (Lipinski definition) is 2. The number of quaternary nitrogens is 1. The minimum atomic E-state index is -0.515. The molecule has 0 aliphatic carbocycles. The van der Waals surface area contributed by atoms with Gasteiger partial charge in [0.15, 0.2) is 0 Å². The molecule has 152 valence electrons. The lowest BCUT2D eigenvalue weighted by Crippen LogP contribution is -3.07. The van der Waals surface area contributed by atoms with Gasteiger partial charge in [0.05, 0.1) is 18.5 Å². The lowest BCUT2D eigenvalue weighted by molar-refractivity contribution is -0.828. The number of para-hydroxylation sites is 1. The molecule has 6 heteroatoms. The van der Waals surface area contributed by atoms with Crippen molar-refractivity contribution in [3.63, 3.8) is 0 Å². The van der Waals surface area contributed by atoms with E-state index in [-0.39, 0.29) is 45.3 Å². The number of benzene rings is 2. The molecule has 2 aromatic rings. The van der Waals surface area contributed by atoms with Gasteiger partial charge >= 0.3 is 0 Å². The van der Waals surface area contributed by atoms with Gasteiger partial charge in [-0.15, -0.1) is 0 Å². The molecule has 1 aliphatic heterocycles. The number of carbonyl (C=O) groups excluding carboxylic acids is 1. The van der Waals surface area contributed by atoms with Crippen LogP contribution in [0.2, 0.25) is 0 Å². The Morgan fingerprint density at radius 1 is 1.14 bits per heavy atom. The fraction of sp³-hybridized carbons (Fsp3) is 0.318. The van der Waals surface area contributed by atoms with Gasteiger partial charge in [-0.2, -0.15) is 0 Å². The van der Waals surface area contributed by atoms with Crippen molar-refractivity contribution in [1.29, 1.82) is 0 Å². The number of carbonyl (C=O) groups is 1. The zero-order chi connectivity index (χ0) is 18.9. The Bertz CT molecular complexity index is 832. The van der Waals surface area contributed by atoms with Crippen LogP contribution in [0, 0.1) is 0 Å². The molecule has 2 unspecified atom stereocenters. The van der Waals surface area contributed by atoms with Gasteiger partial charge < -0.3 is 45.0 Å². The molecule has 0 saturated heterocycles. The first kappa shape index (κ1) is 24.6. The van der Waals surface area contributed by atoms with E-state index in [0.29, 0.717) is 6.04 Å². The van der Waals surface area contributed by atoms with Gasteiger partial charge in [0.2, 0.25) is 5.91 Å². The topological polar surface area (TPSA) is 59.6 Å². The Labute approximate surface area is 188 Å². The third-order valence-electron chi connectivity index (χ3n) is 5.36. The Morgan fingerprint density at radius 3 is 2.32 bits per heavy atom. The fourth-order valence-corrected chi connectivity index (χ4v) is 3.79. The van der Waals surface area contributed by atoms with E-state index in [4.69, 9.17) is 5.73 Å². The number of fused-ring (bicyclic) bond motifs is 1. The summed E-state index contributed by atoms with van der Waals surface area (Å²) in [6, 6.07) is 16.4. The quantitative estimate of drug-likeness (QED) is 0.400. The van der Waals surface area contributed by atoms with Crippen LogP contribution < -0.4 is 49.9 Å². The van der Waals surface area contributed by atoms with E-state index in [1.165, 1.54) is 16.2 Å². The van der Waals surface area contributed by atoms with Crippen LogP contribution in [0.5, 0.6) is 0 Å². The molecule has 2 aromatic carbocycles. The Hall–Kier alpha value is -1.47. The predicted octanol–water partition coefficient (Wildman–Crippen LogP) is -3.50. The number of amides is 1. The number of nitrogens with two attached hydrogens (primary N) is 1. The van der Waals surface area contributed by atoms with Crippen molar-refractivity contribution in [2.75, 3.05) is 12.4 Å². The second-order valence-corrected chi connectivity index (χ2v) is 7.69. The highest BCUT2D eigenvalue weighted by molar-refractivity contribution is 5.94. The molecule has 3 rings (SSSR count). The molecular formula is C22H28Br2N3O-. The molecule has 0 aromatic heterocycles. The third-order valence-corrected chi connectivity index (χ3v) is 5.36. The highest BCUT2D eigenvalue weighted by Gasteiger charge is 2.45. The zero-order valence-electron chi connectivity index (χ0n) is 16.7. The van der Waals surface area contributed by atoms with E-state index in [2.05, 4.69) is 62.6 Å². The molecule has 0 fully saturated rings. The molecule has 0 radical (unpaired) electrons. The van der Waals surface area contributed by atoms with Gasteiger partial charge in [-0.05, 0) is 50.6 Å². The van der Waals surface area contributed by atoms with Gasteiger partial charge in [0.1, 0.15) is 11.7 Å². The summed E-state index contributed by atoms with van der Waals surface area (Å²) in [5, 5.41) is 2.81. The first-order valence-corrected chi connectivity index (χ1v) is 9.08. The summed E-state index contributed by atoms with van der Waals surface area (Å²) < 4.78 is 0. The van der Waals surface area contributed by atoms with Gasteiger partial charge in [-0.1, -0.05) is 36.4 Å². The van der Waals surface area contributed by atoms with E-state index in [9.17, 15) is 4.79 Å². The summed E-state index contributed by atoms with van der Waals surface area (Å²) in [6.45, 7) is 6.29. The molecule has 0 bridgehead atoms. The molecule has 0 spiro atoms. The van der Waals surface area contributed by atoms with E-state index in [0.717, 1.165) is 11.3 Å². The predicted molar refractivity (Wildman–Crippen MR) is 108 cm³/mol. The number of anilines is 1. The van der Waals surface area contributed by atoms with Crippen molar-refractivity contribution in [2.24, 2.45) is 5.73 Å². The molecule has 1 amide bonds. The minimum Gasteiger partial charge on any atom is -1.00 e. The van der Waals surface area contributed by atoms with Crippen LogP contribution in [0.3, 0.4) is 0 Å². The SMILES string of the molecule is C[C@@H](N)C(=O)Nc1ccc(/C=C/C2[NH+](C)c3ccccc3C2(C)C)cc1.[Br-].[Br-]. The summed E-state index contributed by atoms with van der Waals surface area (Å²) >= 11 is 0. The van der Waals surface area contributed by atoms with Crippen molar-refractivity contribution < 1.29 is 43.7 Å². The maximum absolute atomic E-state index is 11.7. The van der Waals surface area contributed by atoms with Crippen LogP contribution in [0.4, 0.5) is 11.4 Å². The van der Waals surface area contributed by atoms with E-state index >= 15 is 0 Å². The molecule has 28 heavy (non-hydrogen) atoms. The molecule has 3 atom stereocenters. The van der Waals surface area contributed by atoms with Crippen LogP contribution in [-0.2, 0) is 10.2 Å². The van der Waals surface area contributed by atoms with Gasteiger partial charge in [0, 0.05) is 11.3 Å². The van der Waals surface area contributed by atoms with Crippen LogP contribution in [-0.4, -0.2) is 25.0 Å². The first-order chi connectivity index (χ1) is 12.3. The maximum atomic E-state index is 11.7. The lowest BCUT2D eigenvalue weighted by Gasteiger charge is -2.25. The van der Waals surface area contributed by atoms with Gasteiger partial charge in [0.25, 0.3) is 0 Å². The number of rotatable bonds is 4. The largest absolute Gasteiger partial charge is 1.00 e. The van der Waals surface area contributed by atoms with Gasteiger partial charge in [-0.25, -0.2) is 0 Å². The number of hydrogen-bond donors (Lipinski definition) is 3. The molecule has 4 N–H and O–H groups in total. The summed E-state index contributed by atoms with van der Waals surface area (Å²) in [4.78, 5) is 13.1. The van der Waals surface area contributed by atoms with E-state index in [1.807, 2.05) is 24.3 Å². The van der Waals surface area contributed by atoms with Crippen molar-refractivity contribution in [3.05, 3.63) is 65.7 Å². The lowest BCUT2D eigenvalue weighted by atomic mass is 9.80. The maximum Gasteiger partial charge on any atom is 0.240 e. The van der Waals surface area contributed by atoms with E-state index < -0.39 is 6.04 Å². The molecule has 4 nitrogen and oxygen atoms in total. The van der Waals surface area contributed by atoms with Crippen molar-refractivity contribution in [1.82, 2.24) is 0 Å². The van der Waals surface area contributed by atoms with Crippen molar-refractivity contribution in [3.8, 4) is 0 Å². The molecule has 0 saturated carbocycles. The highest BCUT2D eigenvalue weighted by Crippen LogP contribution is 2.36. The summed E-state index contributed by atoms with van der Waals surface area (Å²) in [6.07, 6.45) is 4.46.